The molecule has 0 unspecified atom stereocenters. The predicted molar refractivity (Wildman–Crippen MR) is 80.5 cm³/mol. The van der Waals surface area contributed by atoms with Gasteiger partial charge in [0.05, 0.1) is 22.1 Å². The van der Waals surface area contributed by atoms with Gasteiger partial charge in [0.1, 0.15) is 0 Å². The smallest absolute Gasteiger partial charge is 0.314 e. The fourth-order valence-corrected chi connectivity index (χ4v) is 2.65. The molecular formula is C14H17N5O3. The van der Waals surface area contributed by atoms with Gasteiger partial charge in [-0.15, -0.1) is 0 Å². The van der Waals surface area contributed by atoms with Crippen molar-refractivity contribution in [1.29, 1.82) is 5.26 Å². The lowest BCUT2D eigenvalue weighted by Gasteiger charge is -2.25. The molecule has 2 rings (SSSR count). The molecule has 1 aromatic carbocycles. The number of hydrogen-bond acceptors (Lipinski definition) is 5. The van der Waals surface area contributed by atoms with Gasteiger partial charge in [-0.05, 0) is 19.4 Å². The molecule has 116 valence electrons. The Hall–Kier alpha value is -2.82. The Kier molecular flexibility index (Phi) is 4.46. The van der Waals surface area contributed by atoms with E-state index in [1.165, 1.54) is 6.07 Å². The SMILES string of the molecule is Cc1c(N2CCCN(C(N)=O)CC2)cc(C#N)cc1[N+](=O)[O-]. The molecule has 0 spiro atoms. The molecule has 1 aromatic rings. The van der Waals surface area contributed by atoms with E-state index in [1.807, 2.05) is 11.0 Å². The first-order valence-corrected chi connectivity index (χ1v) is 6.92. The van der Waals surface area contributed by atoms with Crippen molar-refractivity contribution < 1.29 is 9.72 Å². The first-order chi connectivity index (χ1) is 10.4. The molecule has 0 aromatic heterocycles. The van der Waals surface area contributed by atoms with Gasteiger partial charge in [-0.3, -0.25) is 10.1 Å². The number of anilines is 1. The van der Waals surface area contributed by atoms with Gasteiger partial charge in [0, 0.05) is 37.9 Å². The van der Waals surface area contributed by atoms with Crippen LogP contribution in [-0.4, -0.2) is 42.0 Å². The van der Waals surface area contributed by atoms with Gasteiger partial charge < -0.3 is 15.5 Å². The van der Waals surface area contributed by atoms with Crippen LogP contribution < -0.4 is 10.6 Å². The zero-order valence-corrected chi connectivity index (χ0v) is 12.3. The van der Waals surface area contributed by atoms with Gasteiger partial charge in [-0.1, -0.05) is 0 Å². The summed E-state index contributed by atoms with van der Waals surface area (Å²) in [5.74, 6) is 0. The van der Waals surface area contributed by atoms with Crippen molar-refractivity contribution in [2.45, 2.75) is 13.3 Å². The number of rotatable bonds is 2. The third kappa shape index (κ3) is 3.09. The molecule has 1 aliphatic rings. The van der Waals surface area contributed by atoms with Crippen molar-refractivity contribution in [3.8, 4) is 6.07 Å². The Bertz CT molecular complexity index is 653. The maximum Gasteiger partial charge on any atom is 0.314 e. The van der Waals surface area contributed by atoms with E-state index in [2.05, 4.69) is 0 Å². The van der Waals surface area contributed by atoms with Crippen molar-refractivity contribution >= 4 is 17.4 Å². The van der Waals surface area contributed by atoms with Crippen LogP contribution in [0.3, 0.4) is 0 Å². The summed E-state index contributed by atoms with van der Waals surface area (Å²) in [6, 6.07) is 4.43. The largest absolute Gasteiger partial charge is 0.369 e. The second kappa shape index (κ2) is 6.30. The molecular weight excluding hydrogens is 286 g/mol. The average molecular weight is 303 g/mol. The summed E-state index contributed by atoms with van der Waals surface area (Å²) in [5.41, 5.74) is 6.67. The van der Waals surface area contributed by atoms with Crippen LogP contribution in [0.4, 0.5) is 16.2 Å². The molecule has 1 saturated heterocycles. The molecule has 22 heavy (non-hydrogen) atoms. The molecule has 1 fully saturated rings. The summed E-state index contributed by atoms with van der Waals surface area (Å²) < 4.78 is 0. The lowest BCUT2D eigenvalue weighted by atomic mass is 10.1. The Labute approximate surface area is 127 Å². The number of nitro groups is 1. The standard InChI is InChI=1S/C14H17N5O3/c1-10-12(7-11(9-15)8-13(10)19(21)22)17-3-2-4-18(6-5-17)14(16)20/h7-8H,2-6H2,1H3,(H2,16,20). The predicted octanol–water partition coefficient (Wildman–Crippen LogP) is 1.37. The highest BCUT2D eigenvalue weighted by Crippen LogP contribution is 2.31. The number of carbonyl (C=O) groups excluding carboxylic acids is 1. The molecule has 2 amide bonds. The number of nitrogens with zero attached hydrogens (tertiary/aromatic N) is 4. The average Bonchev–Trinajstić information content (AvgIpc) is 2.73. The highest BCUT2D eigenvalue weighted by Gasteiger charge is 2.23. The van der Waals surface area contributed by atoms with Crippen LogP contribution in [-0.2, 0) is 0 Å². The lowest BCUT2D eigenvalue weighted by molar-refractivity contribution is -0.385. The second-order valence-electron chi connectivity index (χ2n) is 5.17. The Balaban J connectivity index is 2.36. The highest BCUT2D eigenvalue weighted by molar-refractivity contribution is 5.72. The molecule has 0 atom stereocenters. The van der Waals surface area contributed by atoms with Crippen LogP contribution in [0.5, 0.6) is 0 Å². The molecule has 2 N–H and O–H groups in total. The first kappa shape index (κ1) is 15.6. The second-order valence-corrected chi connectivity index (χ2v) is 5.17. The van der Waals surface area contributed by atoms with Crippen LogP contribution in [0.25, 0.3) is 0 Å². The quantitative estimate of drug-likeness (QED) is 0.654. The molecule has 1 heterocycles. The monoisotopic (exact) mass is 303 g/mol. The summed E-state index contributed by atoms with van der Waals surface area (Å²) in [6.45, 7) is 3.86. The van der Waals surface area contributed by atoms with Crippen LogP contribution in [0, 0.1) is 28.4 Å². The molecule has 0 radical (unpaired) electrons. The van der Waals surface area contributed by atoms with E-state index in [1.54, 1.807) is 17.9 Å². The van der Waals surface area contributed by atoms with E-state index in [0.717, 1.165) is 0 Å². The fraction of sp³-hybridized carbons (Fsp3) is 0.429. The van der Waals surface area contributed by atoms with Crippen molar-refractivity contribution in [2.75, 3.05) is 31.1 Å². The number of urea groups is 1. The maximum atomic E-state index is 11.3. The number of hydrogen-bond donors (Lipinski definition) is 1. The summed E-state index contributed by atoms with van der Waals surface area (Å²) in [6.07, 6.45) is 0.715. The summed E-state index contributed by atoms with van der Waals surface area (Å²) in [4.78, 5) is 25.4. The highest BCUT2D eigenvalue weighted by atomic mass is 16.6. The van der Waals surface area contributed by atoms with Gasteiger partial charge in [-0.2, -0.15) is 5.26 Å². The van der Waals surface area contributed by atoms with Gasteiger partial charge in [0.25, 0.3) is 5.69 Å². The van der Waals surface area contributed by atoms with Crippen molar-refractivity contribution in [3.05, 3.63) is 33.4 Å². The minimum absolute atomic E-state index is 0.0648. The van der Waals surface area contributed by atoms with E-state index in [0.29, 0.717) is 43.9 Å². The molecule has 0 aliphatic carbocycles. The zero-order chi connectivity index (χ0) is 16.3. The van der Waals surface area contributed by atoms with E-state index in [4.69, 9.17) is 11.0 Å². The van der Waals surface area contributed by atoms with Crippen LogP contribution in [0.15, 0.2) is 12.1 Å². The topological polar surface area (TPSA) is 116 Å². The van der Waals surface area contributed by atoms with Gasteiger partial charge in [-0.25, -0.2) is 4.79 Å². The van der Waals surface area contributed by atoms with Gasteiger partial charge >= 0.3 is 6.03 Å². The van der Waals surface area contributed by atoms with Crippen molar-refractivity contribution in [2.24, 2.45) is 5.73 Å². The lowest BCUT2D eigenvalue weighted by Crippen LogP contribution is -2.38. The van der Waals surface area contributed by atoms with Crippen molar-refractivity contribution in [1.82, 2.24) is 4.90 Å². The van der Waals surface area contributed by atoms with Crippen LogP contribution >= 0.6 is 0 Å². The number of amides is 2. The minimum atomic E-state index is -0.479. The van der Waals surface area contributed by atoms with Crippen LogP contribution in [0.1, 0.15) is 17.5 Å². The summed E-state index contributed by atoms with van der Waals surface area (Å²) in [5, 5.41) is 20.2. The molecule has 1 aliphatic heterocycles. The fourth-order valence-electron chi connectivity index (χ4n) is 2.65. The Morgan fingerprint density at radius 3 is 2.68 bits per heavy atom. The molecule has 0 bridgehead atoms. The normalized spacial score (nSPS) is 15.1. The molecule has 8 heteroatoms. The number of carbonyl (C=O) groups is 1. The van der Waals surface area contributed by atoms with E-state index >= 15 is 0 Å². The van der Waals surface area contributed by atoms with E-state index in [-0.39, 0.29) is 11.3 Å². The van der Waals surface area contributed by atoms with Crippen LogP contribution in [0.2, 0.25) is 0 Å². The number of primary amides is 1. The van der Waals surface area contributed by atoms with E-state index in [9.17, 15) is 14.9 Å². The maximum absolute atomic E-state index is 11.3. The third-order valence-electron chi connectivity index (χ3n) is 3.83. The minimum Gasteiger partial charge on any atom is -0.369 e. The van der Waals surface area contributed by atoms with Gasteiger partial charge in [0.15, 0.2) is 0 Å². The number of benzene rings is 1. The Morgan fingerprint density at radius 1 is 1.36 bits per heavy atom. The number of nitrogens with two attached hydrogens (primary N) is 1. The Morgan fingerprint density at radius 2 is 2.09 bits per heavy atom. The van der Waals surface area contributed by atoms with E-state index < -0.39 is 11.0 Å². The zero-order valence-electron chi connectivity index (χ0n) is 12.3. The number of nitriles is 1. The molecule has 0 saturated carbocycles. The van der Waals surface area contributed by atoms with Crippen molar-refractivity contribution in [3.63, 3.8) is 0 Å². The van der Waals surface area contributed by atoms with Gasteiger partial charge in [0.2, 0.25) is 0 Å². The summed E-state index contributed by atoms with van der Waals surface area (Å²) in [7, 11) is 0. The summed E-state index contributed by atoms with van der Waals surface area (Å²) >= 11 is 0. The number of nitro benzene ring substituents is 1. The third-order valence-corrected chi connectivity index (χ3v) is 3.83. The first-order valence-electron chi connectivity index (χ1n) is 6.92. The molecule has 8 nitrogen and oxygen atoms in total.